The fourth-order valence-corrected chi connectivity index (χ4v) is 13.4. The molecule has 0 spiro atoms. The van der Waals surface area contributed by atoms with Gasteiger partial charge < -0.3 is 60.6 Å². The Kier molecular flexibility index (Phi) is 30.6. The fraction of sp³-hybridized carbons (Fsp3) is 0.344. The summed E-state index contributed by atoms with van der Waals surface area (Å²) in [5, 5.41) is 20.6. The van der Waals surface area contributed by atoms with Gasteiger partial charge in [0.05, 0.1) is 30.5 Å². The second-order valence-electron chi connectivity index (χ2n) is 30.1. The van der Waals surface area contributed by atoms with Crippen molar-refractivity contribution < 1.29 is 76.4 Å². The third kappa shape index (κ3) is 26.1. The van der Waals surface area contributed by atoms with E-state index < -0.39 is 65.1 Å². The smallest absolute Gasteiger partial charge is 0.305 e. The highest BCUT2D eigenvalue weighted by Gasteiger charge is 2.46. The van der Waals surface area contributed by atoms with Gasteiger partial charge in [0.25, 0.3) is 17.7 Å². The molecule has 7 N–H and O–H groups in total. The van der Waals surface area contributed by atoms with Crippen LogP contribution in [-0.4, -0.2) is 128 Å². The standard InChI is InChI=1S/C34H40N2O5.C32H36N2O5.C30H32N2O5/c1-34(2,3)35-32(39)31(28-14-9-10-15-29(28)41-23-11-5-8-16-30(37)38)36(27-21-22-27)33(40)26-19-17-25(18-20-26)24-12-6-4-7-13-24;1-2-38-29(35)15-7-4-10-22-39-28-14-9-8-13-27(28)30(31(33)36)34(26-20-21-26)32(37)25-18-16-24(17-19-25)23-11-5-3-6-12-23;31-29(35)28(25-11-6-7-12-26(25)37-20-8-2-5-13-27(33)34)32(24-18-19-24)30(36)23-16-14-22(15-17-23)21-9-3-1-4-10-21/h4,6-7,9-10,12-15,17-20,27,31H,5,8,11,16,21-23H2,1-3H3,(H,35,39)(H,37,38);3,5-6,8-9,11-14,16-19,26,30H,2,4,7,10,15,20-22H2,1H3,(H2,33,36);1,3-4,6-7,9-12,14-17,24,28H,2,5,8,13,18-20H2,(H2,31,35)(H,33,34)/i31D;30D;28D. The van der Waals surface area contributed by atoms with Gasteiger partial charge in [0, 0.05) is 76.3 Å². The van der Waals surface area contributed by atoms with Crippen LogP contribution in [0.2, 0.25) is 0 Å². The van der Waals surface area contributed by atoms with Crippen molar-refractivity contribution in [1.82, 2.24) is 20.0 Å². The molecule has 0 radical (unpaired) electrons. The number of hydrogen-bond acceptors (Lipinski definition) is 13. The van der Waals surface area contributed by atoms with Crippen LogP contribution in [0.15, 0.2) is 237 Å². The summed E-state index contributed by atoms with van der Waals surface area (Å²) in [5.74, 6) is -4.66. The average Bonchev–Trinajstić information content (AvgIpc) is 1.38. The largest absolute Gasteiger partial charge is 0.493 e. The predicted octanol–water partition coefficient (Wildman–Crippen LogP) is 17.5. The van der Waals surface area contributed by atoms with E-state index in [0.29, 0.717) is 156 Å². The van der Waals surface area contributed by atoms with Gasteiger partial charge in [-0.25, -0.2) is 0 Å². The molecule has 612 valence electrons. The van der Waals surface area contributed by atoms with Crippen LogP contribution in [0.3, 0.4) is 0 Å². The third-order valence-corrected chi connectivity index (χ3v) is 19.6. The van der Waals surface area contributed by atoms with Crippen LogP contribution in [0, 0.1) is 0 Å². The second-order valence-corrected chi connectivity index (χ2v) is 30.1. The van der Waals surface area contributed by atoms with Crippen molar-refractivity contribution in [2.45, 2.75) is 185 Å². The number of carbonyl (C=O) groups is 9. The van der Waals surface area contributed by atoms with Crippen molar-refractivity contribution in [3.05, 3.63) is 270 Å². The van der Waals surface area contributed by atoms with Gasteiger partial charge >= 0.3 is 17.9 Å². The number of rotatable bonds is 40. The number of benzene rings is 9. The number of unbranched alkanes of at least 4 members (excludes halogenated alkanes) is 6. The number of carbonyl (C=O) groups excluding carboxylic acids is 7. The first-order valence-electron chi connectivity index (χ1n) is 41.8. The lowest BCUT2D eigenvalue weighted by Gasteiger charge is -2.34. The zero-order valence-corrected chi connectivity index (χ0v) is 67.0. The van der Waals surface area contributed by atoms with Crippen molar-refractivity contribution in [3.63, 3.8) is 0 Å². The van der Waals surface area contributed by atoms with Crippen molar-refractivity contribution in [2.24, 2.45) is 11.5 Å². The first-order valence-corrected chi connectivity index (χ1v) is 40.3. The number of para-hydroxylation sites is 3. The van der Waals surface area contributed by atoms with E-state index >= 15 is 0 Å². The summed E-state index contributed by atoms with van der Waals surface area (Å²) in [4.78, 5) is 119. The second kappa shape index (κ2) is 43.4. The molecule has 0 aromatic heterocycles. The number of nitrogens with two attached hydrogens (primary N) is 2. The molecule has 0 bridgehead atoms. The van der Waals surface area contributed by atoms with E-state index in [4.69, 9.17) is 40.6 Å². The highest BCUT2D eigenvalue weighted by atomic mass is 16.5. The Labute approximate surface area is 689 Å². The molecule has 3 fully saturated rings. The normalized spacial score (nSPS) is 14.7. The van der Waals surface area contributed by atoms with Gasteiger partial charge in [-0.15, -0.1) is 0 Å². The molecule has 3 saturated carbocycles. The van der Waals surface area contributed by atoms with Crippen molar-refractivity contribution >= 4 is 53.4 Å². The molecule has 0 heterocycles. The molecule has 6 amide bonds. The van der Waals surface area contributed by atoms with Gasteiger partial charge in [-0.2, -0.15) is 0 Å². The number of nitrogens with zero attached hydrogens (tertiary/aromatic N) is 3. The molecule has 21 nitrogen and oxygen atoms in total. The van der Waals surface area contributed by atoms with Crippen LogP contribution in [0.5, 0.6) is 17.2 Å². The zero-order valence-electron chi connectivity index (χ0n) is 70.0. The van der Waals surface area contributed by atoms with Gasteiger partial charge in [-0.3, -0.25) is 43.2 Å². The zero-order chi connectivity index (χ0) is 86.0. The number of aliphatic carboxylic acids is 2. The molecule has 3 aliphatic carbocycles. The molecule has 3 atom stereocenters. The maximum atomic E-state index is 14.2. The SMILES string of the molecule is [2H]C(C(=O)NC(C)(C)C)(c1ccccc1OCCCCCC(=O)O)N(C(=O)c1ccc(-c2ccccc2)cc1)C1CC1.[2H]C(C(N)=O)(c1ccccc1OCCCCCC(=O)O)N(C(=O)c1ccc(-c2ccccc2)cc1)C1CC1.[2H]C(C(N)=O)(c1ccccc1OCCCCCC(=O)OCC)N(C(=O)c1ccc(-c2ccccc2)cc1)C1CC1. The Morgan fingerprint density at radius 2 is 0.658 bits per heavy atom. The monoisotopic (exact) mass is 1590 g/mol. The summed E-state index contributed by atoms with van der Waals surface area (Å²) >= 11 is 0. The number of primary amides is 2. The quantitative estimate of drug-likeness (QED) is 0.0176. The summed E-state index contributed by atoms with van der Waals surface area (Å²) in [7, 11) is 0. The van der Waals surface area contributed by atoms with Gasteiger partial charge in [-0.05, 0) is 212 Å². The van der Waals surface area contributed by atoms with Crippen LogP contribution in [-0.2, 0) is 33.5 Å². The van der Waals surface area contributed by atoms with Crippen LogP contribution in [0.4, 0.5) is 0 Å². The number of nitrogens with one attached hydrogen (secondary N) is 1. The summed E-state index contributed by atoms with van der Waals surface area (Å²) in [6, 6.07) is 64.2. The predicted molar refractivity (Wildman–Crippen MR) is 451 cm³/mol. The van der Waals surface area contributed by atoms with Crippen molar-refractivity contribution in [2.75, 3.05) is 26.4 Å². The Bertz CT molecular complexity index is 4950. The summed E-state index contributed by atoms with van der Waals surface area (Å²) in [6.45, 7) is 8.58. The van der Waals surface area contributed by atoms with Crippen molar-refractivity contribution in [3.8, 4) is 50.6 Å². The number of amides is 6. The van der Waals surface area contributed by atoms with E-state index in [1.165, 1.54) is 14.7 Å². The Morgan fingerprint density at radius 1 is 0.385 bits per heavy atom. The molecule has 117 heavy (non-hydrogen) atoms. The minimum absolute atomic E-state index is 0.0961. The highest BCUT2D eigenvalue weighted by molar-refractivity contribution is 6.01. The third-order valence-electron chi connectivity index (χ3n) is 19.6. The summed E-state index contributed by atoms with van der Waals surface area (Å²) in [5.41, 5.74) is 18.9. The highest BCUT2D eigenvalue weighted by Crippen LogP contribution is 2.43. The molecule has 12 rings (SSSR count). The van der Waals surface area contributed by atoms with E-state index in [1.807, 2.05) is 148 Å². The Morgan fingerprint density at radius 3 is 0.940 bits per heavy atom. The van der Waals surface area contributed by atoms with E-state index in [1.54, 1.807) is 116 Å². The number of carboxylic acid groups (broad SMARTS) is 2. The van der Waals surface area contributed by atoms with Crippen LogP contribution >= 0.6 is 0 Å². The first kappa shape index (κ1) is 82.6. The molecule has 0 saturated heterocycles. The lowest BCUT2D eigenvalue weighted by Crippen LogP contribution is -2.50. The molecule has 9 aromatic carbocycles. The van der Waals surface area contributed by atoms with Gasteiger partial charge in [0.15, 0.2) is 0 Å². The molecule has 9 aromatic rings. The maximum absolute atomic E-state index is 14.2. The van der Waals surface area contributed by atoms with Gasteiger partial charge in [0.1, 0.15) is 35.3 Å². The van der Waals surface area contributed by atoms with E-state index in [2.05, 4.69) is 5.32 Å². The minimum Gasteiger partial charge on any atom is -0.493 e. The molecular weight excluding hydrogens is 1480 g/mol. The Hall–Kier alpha value is -12.4. The van der Waals surface area contributed by atoms with Gasteiger partial charge in [0.2, 0.25) is 17.7 Å². The summed E-state index contributed by atoms with van der Waals surface area (Å²) in [6.07, 6.45) is 10.5. The molecule has 3 aliphatic rings. The lowest BCUT2D eigenvalue weighted by molar-refractivity contribution is -0.143. The maximum Gasteiger partial charge on any atom is 0.305 e. The van der Waals surface area contributed by atoms with Crippen molar-refractivity contribution in [1.29, 1.82) is 0 Å². The van der Waals surface area contributed by atoms with Crippen LogP contribution in [0.1, 0.15) is 213 Å². The molecule has 0 aliphatic heterocycles. The Balaban J connectivity index is 0.000000189. The lowest BCUT2D eigenvalue weighted by atomic mass is 9.98. The number of hydrogen-bond donors (Lipinski definition) is 5. The fourth-order valence-electron chi connectivity index (χ4n) is 13.4. The first-order chi connectivity index (χ1) is 57.7. The van der Waals surface area contributed by atoms with E-state index in [0.717, 1.165) is 39.8 Å². The van der Waals surface area contributed by atoms with Gasteiger partial charge in [-0.1, -0.05) is 182 Å². The molecule has 3 unspecified atom stereocenters. The number of ether oxygens (including phenoxy) is 4. The molecular formula is C96H108N6O15. The number of esters is 1. The molecule has 21 heteroatoms. The van der Waals surface area contributed by atoms with Crippen LogP contribution < -0.4 is 31.0 Å². The average molecular weight is 1590 g/mol. The summed E-state index contributed by atoms with van der Waals surface area (Å²) < 4.78 is 51.5. The topological polar surface area (TPSA) is 305 Å². The minimum atomic E-state index is -2.17. The number of carboxylic acids is 2. The van der Waals surface area contributed by atoms with E-state index in [-0.39, 0.29) is 60.6 Å². The van der Waals surface area contributed by atoms with Crippen LogP contribution in [0.25, 0.3) is 33.4 Å². The van der Waals surface area contributed by atoms with E-state index in [9.17, 15) is 47.3 Å².